The first kappa shape index (κ1) is 27.7. The van der Waals surface area contributed by atoms with Gasteiger partial charge in [-0.25, -0.2) is 9.78 Å². The van der Waals surface area contributed by atoms with Crippen molar-refractivity contribution in [2.24, 2.45) is 0 Å². The average Bonchev–Trinajstić information content (AvgIpc) is 2.90. The third-order valence-corrected chi connectivity index (χ3v) is 6.32. The first-order chi connectivity index (χ1) is 18.6. The van der Waals surface area contributed by atoms with Gasteiger partial charge >= 0.3 is 6.09 Å². The van der Waals surface area contributed by atoms with Gasteiger partial charge in [0.25, 0.3) is 0 Å². The Balaban J connectivity index is 1.66. The summed E-state index contributed by atoms with van der Waals surface area (Å²) in [6.45, 7) is 14.4. The Morgan fingerprint density at radius 1 is 1.10 bits per heavy atom. The third-order valence-electron chi connectivity index (χ3n) is 6.32. The van der Waals surface area contributed by atoms with Gasteiger partial charge in [0.05, 0.1) is 17.6 Å². The molecule has 4 rings (SSSR count). The molecule has 0 unspecified atom stereocenters. The van der Waals surface area contributed by atoms with Crippen molar-refractivity contribution >= 4 is 40.6 Å². The smallest absolute Gasteiger partial charge is 0.412 e. The van der Waals surface area contributed by atoms with Crippen molar-refractivity contribution in [3.63, 3.8) is 0 Å². The summed E-state index contributed by atoms with van der Waals surface area (Å²) in [5, 5.41) is 19.0. The second-order valence-electron chi connectivity index (χ2n) is 10.4. The van der Waals surface area contributed by atoms with E-state index in [-0.39, 0.29) is 5.95 Å². The Bertz CT molecular complexity index is 1340. The molecule has 2 heterocycles. The maximum absolute atomic E-state index is 12.8. The summed E-state index contributed by atoms with van der Waals surface area (Å²) in [4.78, 5) is 26.5. The van der Waals surface area contributed by atoms with E-state index in [0.717, 1.165) is 49.7 Å². The predicted octanol–water partition coefficient (Wildman–Crippen LogP) is 5.63. The number of nitrogens with zero attached hydrogens (tertiary/aromatic N) is 5. The SMILES string of the molecule is CCN1CCN(c2cc(C)c(Nc3ncc(C#N)c(Nc4ccccc4)n3)c(NC(=O)OC(C)(C)C)c2)CC1. The molecule has 1 aromatic heterocycles. The van der Waals surface area contributed by atoms with Gasteiger partial charge < -0.3 is 25.2 Å². The molecule has 39 heavy (non-hydrogen) atoms. The highest BCUT2D eigenvalue weighted by molar-refractivity contribution is 5.93. The number of hydrogen-bond donors (Lipinski definition) is 3. The standard InChI is InChI=1S/C29H36N8O2/c1-6-36-12-14-37(15-13-36)23-16-20(2)25(24(17-23)33-28(38)39-29(3,4)5)34-27-31-19-21(18-30)26(35-27)32-22-10-8-7-9-11-22/h7-11,16-17,19H,6,12-15H2,1-5H3,(H,33,38)(H2,31,32,34,35). The van der Waals surface area contributed by atoms with Crippen LogP contribution in [0.3, 0.4) is 0 Å². The number of carbonyl (C=O) groups is 1. The second kappa shape index (κ2) is 12.0. The zero-order chi connectivity index (χ0) is 28.0. The number of nitriles is 1. The maximum atomic E-state index is 12.8. The summed E-state index contributed by atoms with van der Waals surface area (Å²) in [6.07, 6.45) is 0.920. The Labute approximate surface area is 230 Å². The normalized spacial score (nSPS) is 13.9. The summed E-state index contributed by atoms with van der Waals surface area (Å²) >= 11 is 0. The number of aromatic nitrogens is 2. The number of nitrogens with one attached hydrogen (secondary N) is 3. The van der Waals surface area contributed by atoms with Crippen LogP contribution < -0.4 is 20.9 Å². The lowest BCUT2D eigenvalue weighted by molar-refractivity contribution is 0.0636. The molecule has 0 spiro atoms. The van der Waals surface area contributed by atoms with Crippen LogP contribution in [0.15, 0.2) is 48.7 Å². The summed E-state index contributed by atoms with van der Waals surface area (Å²) in [6, 6.07) is 15.7. The molecule has 1 saturated heterocycles. The van der Waals surface area contributed by atoms with Crippen molar-refractivity contribution in [2.75, 3.05) is 53.6 Å². The van der Waals surface area contributed by atoms with Gasteiger partial charge in [0.1, 0.15) is 17.2 Å². The number of likely N-dealkylation sites (N-methyl/N-ethyl adjacent to an activating group) is 1. The molecule has 1 fully saturated rings. The summed E-state index contributed by atoms with van der Waals surface area (Å²) in [5.74, 6) is 0.665. The van der Waals surface area contributed by atoms with Crippen molar-refractivity contribution in [2.45, 2.75) is 40.2 Å². The number of amides is 1. The molecule has 3 aromatic rings. The number of rotatable bonds is 7. The minimum atomic E-state index is -0.644. The van der Waals surface area contributed by atoms with Crippen molar-refractivity contribution in [3.8, 4) is 6.07 Å². The summed E-state index contributed by atoms with van der Waals surface area (Å²) < 4.78 is 5.54. The summed E-state index contributed by atoms with van der Waals surface area (Å²) in [5.41, 5.74) is 3.60. The van der Waals surface area contributed by atoms with E-state index in [9.17, 15) is 10.1 Å². The number of hydrogen-bond acceptors (Lipinski definition) is 9. The van der Waals surface area contributed by atoms with Crippen LogP contribution in [0.25, 0.3) is 0 Å². The molecule has 10 nitrogen and oxygen atoms in total. The molecule has 2 aromatic carbocycles. The van der Waals surface area contributed by atoms with Gasteiger partial charge in [0.15, 0.2) is 5.82 Å². The molecule has 204 valence electrons. The maximum Gasteiger partial charge on any atom is 0.412 e. The monoisotopic (exact) mass is 528 g/mol. The second-order valence-corrected chi connectivity index (χ2v) is 10.4. The van der Waals surface area contributed by atoms with Gasteiger partial charge in [0.2, 0.25) is 5.95 Å². The van der Waals surface area contributed by atoms with Gasteiger partial charge in [-0.05, 0) is 64.1 Å². The predicted molar refractivity (Wildman–Crippen MR) is 155 cm³/mol. The number of aryl methyl sites for hydroxylation is 1. The van der Waals surface area contributed by atoms with Crippen molar-refractivity contribution in [1.82, 2.24) is 14.9 Å². The topological polar surface area (TPSA) is 118 Å². The molecule has 0 saturated carbocycles. The lowest BCUT2D eigenvalue weighted by Crippen LogP contribution is -2.46. The van der Waals surface area contributed by atoms with Crippen LogP contribution in [0.5, 0.6) is 0 Å². The Morgan fingerprint density at radius 2 is 1.82 bits per heavy atom. The molecule has 10 heteroatoms. The van der Waals surface area contributed by atoms with Crippen LogP contribution in [-0.4, -0.2) is 59.3 Å². The van der Waals surface area contributed by atoms with E-state index in [4.69, 9.17) is 4.74 Å². The van der Waals surface area contributed by atoms with E-state index in [1.54, 1.807) is 0 Å². The van der Waals surface area contributed by atoms with Gasteiger partial charge in [-0.2, -0.15) is 10.2 Å². The van der Waals surface area contributed by atoms with Crippen LogP contribution in [0, 0.1) is 18.3 Å². The molecule has 0 atom stereocenters. The van der Waals surface area contributed by atoms with Crippen molar-refractivity contribution in [3.05, 3.63) is 59.8 Å². The van der Waals surface area contributed by atoms with E-state index in [1.165, 1.54) is 6.20 Å². The molecule has 1 aliphatic rings. The van der Waals surface area contributed by atoms with Crippen LogP contribution in [0.1, 0.15) is 38.8 Å². The van der Waals surface area contributed by atoms with Crippen molar-refractivity contribution < 1.29 is 9.53 Å². The number of piperazine rings is 1. The quantitative estimate of drug-likeness (QED) is 0.358. The molecule has 1 amide bonds. The first-order valence-electron chi connectivity index (χ1n) is 13.1. The van der Waals surface area contributed by atoms with Crippen LogP contribution in [0.2, 0.25) is 0 Å². The van der Waals surface area contributed by atoms with Crippen molar-refractivity contribution in [1.29, 1.82) is 5.26 Å². The minimum Gasteiger partial charge on any atom is -0.444 e. The number of para-hydroxylation sites is 1. The van der Waals surface area contributed by atoms with E-state index in [0.29, 0.717) is 22.8 Å². The van der Waals surface area contributed by atoms with Crippen LogP contribution in [0.4, 0.5) is 39.3 Å². The van der Waals surface area contributed by atoms with E-state index in [2.05, 4.69) is 54.8 Å². The number of benzene rings is 2. The Kier molecular flexibility index (Phi) is 8.52. The third kappa shape index (κ3) is 7.36. The number of anilines is 6. The molecule has 0 bridgehead atoms. The highest BCUT2D eigenvalue weighted by Gasteiger charge is 2.22. The largest absolute Gasteiger partial charge is 0.444 e. The number of ether oxygens (including phenoxy) is 1. The van der Waals surface area contributed by atoms with E-state index < -0.39 is 11.7 Å². The van der Waals surface area contributed by atoms with E-state index >= 15 is 0 Å². The fourth-order valence-corrected chi connectivity index (χ4v) is 4.34. The summed E-state index contributed by atoms with van der Waals surface area (Å²) in [7, 11) is 0. The van der Waals surface area contributed by atoms with Crippen LogP contribution >= 0.6 is 0 Å². The highest BCUT2D eigenvalue weighted by Crippen LogP contribution is 2.35. The minimum absolute atomic E-state index is 0.284. The molecule has 1 aliphatic heterocycles. The molecular formula is C29H36N8O2. The zero-order valence-corrected chi connectivity index (χ0v) is 23.2. The van der Waals surface area contributed by atoms with Gasteiger partial charge in [-0.3, -0.25) is 5.32 Å². The Hall–Kier alpha value is -4.36. The molecule has 0 aliphatic carbocycles. The fourth-order valence-electron chi connectivity index (χ4n) is 4.34. The lowest BCUT2D eigenvalue weighted by Gasteiger charge is -2.36. The fraction of sp³-hybridized carbons (Fsp3) is 0.379. The number of carbonyl (C=O) groups excluding carboxylic acids is 1. The van der Waals surface area contributed by atoms with Crippen LogP contribution in [-0.2, 0) is 4.74 Å². The highest BCUT2D eigenvalue weighted by atomic mass is 16.6. The molecule has 3 N–H and O–H groups in total. The zero-order valence-electron chi connectivity index (χ0n) is 23.2. The van der Waals surface area contributed by atoms with Gasteiger partial charge in [-0.15, -0.1) is 0 Å². The van der Waals surface area contributed by atoms with E-state index in [1.807, 2.05) is 64.1 Å². The molecular weight excluding hydrogens is 492 g/mol. The average molecular weight is 529 g/mol. The first-order valence-corrected chi connectivity index (χ1v) is 13.1. The Morgan fingerprint density at radius 3 is 2.46 bits per heavy atom. The van der Waals surface area contributed by atoms with Gasteiger partial charge in [-0.1, -0.05) is 25.1 Å². The molecule has 0 radical (unpaired) electrons. The lowest BCUT2D eigenvalue weighted by atomic mass is 10.1. The van der Waals surface area contributed by atoms with Gasteiger partial charge in [0, 0.05) is 37.6 Å².